The maximum Gasteiger partial charge on any atom is 0.272 e. The molecule has 0 amide bonds. The molecule has 0 aliphatic heterocycles. The quantitative estimate of drug-likeness (QED) is 0.937. The number of halogens is 2. The van der Waals surface area contributed by atoms with Crippen LogP contribution in [0.1, 0.15) is 0 Å². The number of rotatable bonds is 3. The molecule has 2 heterocycles. The third-order valence-electron chi connectivity index (χ3n) is 1.78. The van der Waals surface area contributed by atoms with E-state index in [1.807, 2.05) is 0 Å². The molecule has 0 saturated carbocycles. The average Bonchev–Trinajstić information content (AvgIpc) is 2.69. The Balaban J connectivity index is 2.26. The number of pyridine rings is 1. The second-order valence-corrected chi connectivity index (χ2v) is 7.40. The second kappa shape index (κ2) is 4.71. The lowest BCUT2D eigenvalue weighted by Gasteiger charge is -2.04. The molecule has 2 rings (SSSR count). The van der Waals surface area contributed by atoms with Crippen molar-refractivity contribution in [1.82, 2.24) is 4.98 Å². The van der Waals surface area contributed by atoms with Crippen LogP contribution in [0.3, 0.4) is 0 Å². The van der Waals surface area contributed by atoms with E-state index in [2.05, 4.69) is 25.6 Å². The molecule has 0 unspecified atom stereocenters. The summed E-state index contributed by atoms with van der Waals surface area (Å²) in [6.45, 7) is 0. The molecule has 8 heteroatoms. The molecule has 0 aliphatic rings. The summed E-state index contributed by atoms with van der Waals surface area (Å²) in [4.78, 5) is 3.62. The van der Waals surface area contributed by atoms with Gasteiger partial charge in [0.05, 0.1) is 9.98 Å². The lowest BCUT2D eigenvalue weighted by Crippen LogP contribution is -2.12. The van der Waals surface area contributed by atoms with Crippen molar-refractivity contribution in [3.8, 4) is 0 Å². The van der Waals surface area contributed by atoms with Crippen molar-refractivity contribution in [3.63, 3.8) is 0 Å². The molecule has 1 N–H and O–H groups in total. The minimum absolute atomic E-state index is 0.0796. The van der Waals surface area contributed by atoms with Crippen LogP contribution in [0.2, 0.25) is 0 Å². The Morgan fingerprint density at radius 2 is 2.06 bits per heavy atom. The molecule has 0 atom stereocenters. The van der Waals surface area contributed by atoms with Crippen molar-refractivity contribution in [3.05, 3.63) is 40.1 Å². The maximum absolute atomic E-state index is 12.6. The van der Waals surface area contributed by atoms with E-state index in [4.69, 9.17) is 0 Å². The number of hydrogen-bond acceptors (Lipinski definition) is 4. The van der Waals surface area contributed by atoms with Crippen LogP contribution in [0.4, 0.5) is 10.2 Å². The van der Waals surface area contributed by atoms with Gasteiger partial charge in [0.1, 0.15) is 15.8 Å². The Morgan fingerprint density at radius 1 is 1.29 bits per heavy atom. The van der Waals surface area contributed by atoms with Gasteiger partial charge in [0.2, 0.25) is 0 Å². The smallest absolute Gasteiger partial charge is 0.263 e. The Labute approximate surface area is 110 Å². The van der Waals surface area contributed by atoms with E-state index in [1.54, 1.807) is 6.07 Å². The first-order valence-electron chi connectivity index (χ1n) is 4.37. The molecule has 2 aromatic heterocycles. The summed E-state index contributed by atoms with van der Waals surface area (Å²) in [7, 11) is -3.65. The third-order valence-corrected chi connectivity index (χ3v) is 5.25. The zero-order chi connectivity index (χ0) is 12.5. The number of thiophene rings is 1. The van der Waals surface area contributed by atoms with E-state index in [0.29, 0.717) is 3.79 Å². The van der Waals surface area contributed by atoms with Gasteiger partial charge >= 0.3 is 0 Å². The standard InChI is InChI=1S/C9H6BrFN2O2S2/c10-7-2-4-9(16-7)17(14,15)13-8-3-1-6(11)5-12-8/h1-5H,(H,12,13). The summed E-state index contributed by atoms with van der Waals surface area (Å²) < 4.78 is 39.4. The van der Waals surface area contributed by atoms with Crippen LogP contribution in [0.15, 0.2) is 38.5 Å². The highest BCUT2D eigenvalue weighted by Gasteiger charge is 2.16. The van der Waals surface area contributed by atoms with Crippen LogP contribution in [0, 0.1) is 5.82 Å². The predicted molar refractivity (Wildman–Crippen MR) is 67.0 cm³/mol. The molecule has 0 aliphatic carbocycles. The van der Waals surface area contributed by atoms with E-state index in [0.717, 1.165) is 23.6 Å². The number of hydrogen-bond donors (Lipinski definition) is 1. The fourth-order valence-electron chi connectivity index (χ4n) is 1.07. The highest BCUT2D eigenvalue weighted by Crippen LogP contribution is 2.27. The van der Waals surface area contributed by atoms with Crippen LogP contribution < -0.4 is 4.72 Å². The number of nitrogens with one attached hydrogen (secondary N) is 1. The Kier molecular flexibility index (Phi) is 3.45. The average molecular weight is 337 g/mol. The van der Waals surface area contributed by atoms with E-state index < -0.39 is 15.8 Å². The molecule has 0 bridgehead atoms. The van der Waals surface area contributed by atoms with Gasteiger partial charge in [-0.05, 0) is 40.2 Å². The molecule has 4 nitrogen and oxygen atoms in total. The lowest BCUT2D eigenvalue weighted by molar-refractivity contribution is 0.602. The van der Waals surface area contributed by atoms with Crippen molar-refractivity contribution >= 4 is 43.1 Å². The van der Waals surface area contributed by atoms with Crippen LogP contribution in [-0.4, -0.2) is 13.4 Å². The normalized spacial score (nSPS) is 11.4. The number of anilines is 1. The van der Waals surface area contributed by atoms with Crippen molar-refractivity contribution in [1.29, 1.82) is 0 Å². The fraction of sp³-hybridized carbons (Fsp3) is 0. The molecular formula is C9H6BrFN2O2S2. The van der Waals surface area contributed by atoms with Gasteiger partial charge in [-0.3, -0.25) is 4.72 Å². The molecule has 0 saturated heterocycles. The van der Waals surface area contributed by atoms with Crippen molar-refractivity contribution in [2.45, 2.75) is 4.21 Å². The van der Waals surface area contributed by atoms with Crippen LogP contribution in [0.25, 0.3) is 0 Å². The first kappa shape index (κ1) is 12.5. The summed E-state index contributed by atoms with van der Waals surface area (Å²) >= 11 is 4.26. The fourth-order valence-corrected chi connectivity index (χ4v) is 4.08. The van der Waals surface area contributed by atoms with E-state index in [9.17, 15) is 12.8 Å². The van der Waals surface area contributed by atoms with Crippen molar-refractivity contribution < 1.29 is 12.8 Å². The van der Waals surface area contributed by atoms with Gasteiger partial charge in [-0.25, -0.2) is 17.8 Å². The number of sulfonamides is 1. The topological polar surface area (TPSA) is 59.1 Å². The van der Waals surface area contributed by atoms with E-state index >= 15 is 0 Å². The summed E-state index contributed by atoms with van der Waals surface area (Å²) in [6, 6.07) is 5.50. The molecule has 0 aromatic carbocycles. The van der Waals surface area contributed by atoms with Gasteiger partial charge in [0, 0.05) is 0 Å². The minimum Gasteiger partial charge on any atom is -0.263 e. The van der Waals surface area contributed by atoms with Gasteiger partial charge in [0.25, 0.3) is 10.0 Å². The molecule has 17 heavy (non-hydrogen) atoms. The van der Waals surface area contributed by atoms with Gasteiger partial charge < -0.3 is 0 Å². The zero-order valence-corrected chi connectivity index (χ0v) is 11.4. The number of nitrogens with zero attached hydrogens (tertiary/aromatic N) is 1. The third kappa shape index (κ3) is 3.02. The highest BCUT2D eigenvalue weighted by molar-refractivity contribution is 9.11. The van der Waals surface area contributed by atoms with Crippen LogP contribution in [-0.2, 0) is 10.0 Å². The SMILES string of the molecule is O=S(=O)(Nc1ccc(F)cn1)c1ccc(Br)s1. The summed E-state index contributed by atoms with van der Waals surface area (Å²) in [5.74, 6) is -0.442. The molecule has 0 spiro atoms. The molecule has 2 aromatic rings. The monoisotopic (exact) mass is 336 g/mol. The molecule has 90 valence electrons. The van der Waals surface area contributed by atoms with E-state index in [1.165, 1.54) is 12.1 Å². The molecule has 0 fully saturated rings. The molecule has 0 radical (unpaired) electrons. The minimum atomic E-state index is -3.65. The van der Waals surface area contributed by atoms with Gasteiger partial charge in [-0.2, -0.15) is 0 Å². The first-order chi connectivity index (χ1) is 7.97. The summed E-state index contributed by atoms with van der Waals surface area (Å²) in [5, 5.41) is 0. The van der Waals surface area contributed by atoms with Gasteiger partial charge in [-0.15, -0.1) is 11.3 Å². The number of aromatic nitrogens is 1. The zero-order valence-electron chi connectivity index (χ0n) is 8.22. The second-order valence-electron chi connectivity index (χ2n) is 3.03. The largest absolute Gasteiger partial charge is 0.272 e. The predicted octanol–water partition coefficient (Wildman–Crippen LogP) is 2.85. The summed E-state index contributed by atoms with van der Waals surface area (Å²) in [5.41, 5.74) is 0. The Hall–Kier alpha value is -0.990. The maximum atomic E-state index is 12.6. The Morgan fingerprint density at radius 3 is 2.59 bits per heavy atom. The van der Waals surface area contributed by atoms with Crippen molar-refractivity contribution in [2.24, 2.45) is 0 Å². The first-order valence-corrected chi connectivity index (χ1v) is 7.46. The molecular weight excluding hydrogens is 331 g/mol. The van der Waals surface area contributed by atoms with Crippen LogP contribution in [0.5, 0.6) is 0 Å². The summed E-state index contributed by atoms with van der Waals surface area (Å²) in [6.07, 6.45) is 0.947. The van der Waals surface area contributed by atoms with Crippen molar-refractivity contribution in [2.75, 3.05) is 4.72 Å². The van der Waals surface area contributed by atoms with Crippen LogP contribution >= 0.6 is 27.3 Å². The van der Waals surface area contributed by atoms with Gasteiger partial charge in [0.15, 0.2) is 0 Å². The lowest BCUT2D eigenvalue weighted by atomic mass is 10.5. The Bertz CT molecular complexity index is 625. The van der Waals surface area contributed by atoms with Gasteiger partial charge in [-0.1, -0.05) is 0 Å². The van der Waals surface area contributed by atoms with E-state index in [-0.39, 0.29) is 10.0 Å². The highest BCUT2D eigenvalue weighted by atomic mass is 79.9.